The van der Waals surface area contributed by atoms with Crippen molar-refractivity contribution in [2.75, 3.05) is 46.2 Å². The molecule has 0 rings (SSSR count). The normalized spacial score (nSPS) is 12.3. The van der Waals surface area contributed by atoms with Crippen LogP contribution in [0.3, 0.4) is 0 Å². The molecule has 7 heteroatoms. The first kappa shape index (κ1) is 17.2. The van der Waals surface area contributed by atoms with E-state index in [-0.39, 0.29) is 17.6 Å². The zero-order chi connectivity index (χ0) is 14.0. The largest absolute Gasteiger partial charge is 0.378 e. The van der Waals surface area contributed by atoms with Gasteiger partial charge in [0.1, 0.15) is 6.04 Å². The Bertz CT molecular complexity index is 262. The summed E-state index contributed by atoms with van der Waals surface area (Å²) < 4.78 is 5.33. The molecule has 0 aliphatic heterocycles. The summed E-state index contributed by atoms with van der Waals surface area (Å²) in [5, 5.41) is 5.21. The van der Waals surface area contributed by atoms with Crippen molar-refractivity contribution in [2.24, 2.45) is 0 Å². The molecule has 0 aromatic carbocycles. The number of carbonyl (C=O) groups excluding carboxylic acids is 2. The minimum absolute atomic E-state index is 0.239. The Balaban J connectivity index is 3.65. The molecule has 0 aromatic rings. The van der Waals surface area contributed by atoms with Gasteiger partial charge < -0.3 is 20.3 Å². The Labute approximate surface area is 114 Å². The summed E-state index contributed by atoms with van der Waals surface area (Å²) in [6.07, 6.45) is 0. The summed E-state index contributed by atoms with van der Waals surface area (Å²) >= 11 is 4.02. The third-order valence-corrected chi connectivity index (χ3v) is 2.47. The molecule has 1 unspecified atom stereocenters. The van der Waals surface area contributed by atoms with E-state index in [0.29, 0.717) is 19.8 Å². The molecule has 0 aliphatic rings. The fourth-order valence-electron chi connectivity index (χ4n) is 1.16. The van der Waals surface area contributed by atoms with Gasteiger partial charge >= 0.3 is 0 Å². The molecule has 0 heterocycles. The van der Waals surface area contributed by atoms with Gasteiger partial charge in [-0.05, 0) is 14.1 Å². The number of hydrogen-bond acceptors (Lipinski definition) is 5. The number of carbonyl (C=O) groups is 2. The number of nitrogens with one attached hydrogen (secondary N) is 2. The first-order valence-electron chi connectivity index (χ1n) is 5.85. The van der Waals surface area contributed by atoms with Crippen LogP contribution in [-0.2, 0) is 14.3 Å². The summed E-state index contributed by atoms with van der Waals surface area (Å²) in [4.78, 5) is 24.5. The molecule has 6 nitrogen and oxygen atoms in total. The van der Waals surface area contributed by atoms with Crippen molar-refractivity contribution in [3.63, 3.8) is 0 Å². The lowest BCUT2D eigenvalue weighted by molar-refractivity contribution is -0.127. The maximum Gasteiger partial charge on any atom is 0.243 e. The standard InChI is InChI=1S/C11H23N3O3S/c1-9(15)13-10(8-18)11(16)12-4-6-17-7-5-14(2)3/h10,18H,4-8H2,1-3H3,(H,12,16)(H,13,15). The first-order chi connectivity index (χ1) is 8.47. The predicted octanol–water partition coefficient (Wildman–Crippen LogP) is -0.885. The lowest BCUT2D eigenvalue weighted by Crippen LogP contribution is -2.48. The van der Waals surface area contributed by atoms with Crippen LogP contribution in [0.2, 0.25) is 0 Å². The average molecular weight is 277 g/mol. The van der Waals surface area contributed by atoms with Crippen molar-refractivity contribution in [2.45, 2.75) is 13.0 Å². The van der Waals surface area contributed by atoms with E-state index in [1.165, 1.54) is 6.92 Å². The Kier molecular flexibility index (Phi) is 9.72. The molecule has 0 spiro atoms. The van der Waals surface area contributed by atoms with Gasteiger partial charge in [0, 0.05) is 25.8 Å². The van der Waals surface area contributed by atoms with Crippen LogP contribution < -0.4 is 10.6 Å². The minimum atomic E-state index is -0.590. The molecule has 2 N–H and O–H groups in total. The molecule has 0 aliphatic carbocycles. The second-order valence-electron chi connectivity index (χ2n) is 4.14. The van der Waals surface area contributed by atoms with E-state index in [0.717, 1.165) is 6.54 Å². The number of rotatable bonds is 9. The topological polar surface area (TPSA) is 70.7 Å². The van der Waals surface area contributed by atoms with Gasteiger partial charge in [-0.3, -0.25) is 9.59 Å². The van der Waals surface area contributed by atoms with E-state index in [9.17, 15) is 9.59 Å². The minimum Gasteiger partial charge on any atom is -0.378 e. The molecule has 106 valence electrons. The van der Waals surface area contributed by atoms with Gasteiger partial charge in [-0.15, -0.1) is 0 Å². The molecule has 0 aromatic heterocycles. The number of likely N-dealkylation sites (N-methyl/N-ethyl adjacent to an activating group) is 1. The van der Waals surface area contributed by atoms with Crippen LogP contribution in [0.15, 0.2) is 0 Å². The lowest BCUT2D eigenvalue weighted by Gasteiger charge is -2.15. The van der Waals surface area contributed by atoms with Crippen molar-refractivity contribution in [1.82, 2.24) is 15.5 Å². The van der Waals surface area contributed by atoms with E-state index in [1.807, 2.05) is 19.0 Å². The molecule has 18 heavy (non-hydrogen) atoms. The molecule has 0 saturated heterocycles. The highest BCUT2D eigenvalue weighted by Gasteiger charge is 2.16. The van der Waals surface area contributed by atoms with Crippen LogP contribution in [0.1, 0.15) is 6.92 Å². The molecule has 2 amide bonds. The summed E-state index contributed by atoms with van der Waals surface area (Å²) in [7, 11) is 3.94. The van der Waals surface area contributed by atoms with Crippen LogP contribution in [0, 0.1) is 0 Å². The van der Waals surface area contributed by atoms with Crippen molar-refractivity contribution in [3.8, 4) is 0 Å². The van der Waals surface area contributed by atoms with E-state index < -0.39 is 6.04 Å². The summed E-state index contributed by atoms with van der Waals surface area (Å²) in [5.74, 6) is -0.213. The predicted molar refractivity (Wildman–Crippen MR) is 73.8 cm³/mol. The van der Waals surface area contributed by atoms with Crippen molar-refractivity contribution >= 4 is 24.4 Å². The van der Waals surface area contributed by atoms with E-state index >= 15 is 0 Å². The summed E-state index contributed by atoms with van der Waals surface area (Å²) in [6.45, 7) is 3.73. The van der Waals surface area contributed by atoms with Crippen molar-refractivity contribution < 1.29 is 14.3 Å². The fourth-order valence-corrected chi connectivity index (χ4v) is 1.42. The highest BCUT2D eigenvalue weighted by Crippen LogP contribution is 1.88. The maximum atomic E-state index is 11.6. The van der Waals surface area contributed by atoms with Crippen LogP contribution in [0.4, 0.5) is 0 Å². The van der Waals surface area contributed by atoms with E-state index in [2.05, 4.69) is 23.3 Å². The van der Waals surface area contributed by atoms with Crippen molar-refractivity contribution in [3.05, 3.63) is 0 Å². The number of thiol groups is 1. The van der Waals surface area contributed by atoms with Crippen LogP contribution in [0.5, 0.6) is 0 Å². The molecule has 0 saturated carbocycles. The molecule has 1 atom stereocenters. The highest BCUT2D eigenvalue weighted by atomic mass is 32.1. The van der Waals surface area contributed by atoms with Gasteiger partial charge in [0.05, 0.1) is 13.2 Å². The monoisotopic (exact) mass is 277 g/mol. The van der Waals surface area contributed by atoms with Gasteiger partial charge in [-0.2, -0.15) is 12.6 Å². The van der Waals surface area contributed by atoms with Crippen LogP contribution in [-0.4, -0.2) is 68.9 Å². The van der Waals surface area contributed by atoms with Crippen LogP contribution >= 0.6 is 12.6 Å². The van der Waals surface area contributed by atoms with Gasteiger partial charge in [0.25, 0.3) is 0 Å². The zero-order valence-corrected chi connectivity index (χ0v) is 12.1. The van der Waals surface area contributed by atoms with Gasteiger partial charge in [0.15, 0.2) is 0 Å². The number of amides is 2. The average Bonchev–Trinajstić information content (AvgIpc) is 2.29. The quantitative estimate of drug-likeness (QED) is 0.378. The third kappa shape index (κ3) is 9.26. The Hall–Kier alpha value is -0.790. The molecular weight excluding hydrogens is 254 g/mol. The van der Waals surface area contributed by atoms with Gasteiger partial charge in [0.2, 0.25) is 11.8 Å². The van der Waals surface area contributed by atoms with E-state index in [4.69, 9.17) is 4.74 Å². The van der Waals surface area contributed by atoms with Crippen LogP contribution in [0.25, 0.3) is 0 Å². The zero-order valence-electron chi connectivity index (χ0n) is 11.2. The number of ether oxygens (including phenoxy) is 1. The molecule has 0 radical (unpaired) electrons. The second kappa shape index (κ2) is 10.2. The highest BCUT2D eigenvalue weighted by molar-refractivity contribution is 7.80. The van der Waals surface area contributed by atoms with Crippen molar-refractivity contribution in [1.29, 1.82) is 0 Å². The third-order valence-electron chi connectivity index (χ3n) is 2.11. The maximum absolute atomic E-state index is 11.6. The second-order valence-corrected chi connectivity index (χ2v) is 4.51. The molecular formula is C11H23N3O3S. The number of nitrogens with zero attached hydrogens (tertiary/aromatic N) is 1. The first-order valence-corrected chi connectivity index (χ1v) is 6.48. The SMILES string of the molecule is CC(=O)NC(CS)C(=O)NCCOCCN(C)C. The van der Waals surface area contributed by atoms with Gasteiger partial charge in [-0.25, -0.2) is 0 Å². The number of hydrogen-bond donors (Lipinski definition) is 3. The van der Waals surface area contributed by atoms with Gasteiger partial charge in [-0.1, -0.05) is 0 Å². The molecule has 0 fully saturated rings. The molecule has 0 bridgehead atoms. The summed E-state index contributed by atoms with van der Waals surface area (Å²) in [6, 6.07) is -0.590. The fraction of sp³-hybridized carbons (Fsp3) is 0.818. The summed E-state index contributed by atoms with van der Waals surface area (Å²) in [5.41, 5.74) is 0. The Morgan fingerprint density at radius 3 is 2.50 bits per heavy atom. The Morgan fingerprint density at radius 1 is 1.33 bits per heavy atom. The Morgan fingerprint density at radius 2 is 2.00 bits per heavy atom. The smallest absolute Gasteiger partial charge is 0.243 e. The lowest BCUT2D eigenvalue weighted by atomic mass is 10.3. The van der Waals surface area contributed by atoms with E-state index in [1.54, 1.807) is 0 Å².